The number of aromatic nitrogens is 3. The van der Waals surface area contributed by atoms with Gasteiger partial charge in [-0.05, 0) is 20.8 Å². The van der Waals surface area contributed by atoms with Crippen molar-refractivity contribution in [1.29, 1.82) is 0 Å². The Labute approximate surface area is 109 Å². The van der Waals surface area contributed by atoms with Gasteiger partial charge in [0.25, 0.3) is 0 Å². The standard InChI is InChI=1S/C12H14N4O3/c1-12(2,3)19-11(18)16-7-4-13-10-8(5-17)14-6-15-9(7)10/h4-6,13H,1-3H3,(H,16,18). The maximum absolute atomic E-state index is 11.7. The van der Waals surface area contributed by atoms with E-state index in [1.807, 2.05) is 0 Å². The lowest BCUT2D eigenvalue weighted by Crippen LogP contribution is -2.27. The molecule has 0 radical (unpaired) electrons. The molecule has 2 heterocycles. The van der Waals surface area contributed by atoms with E-state index in [1.54, 1.807) is 20.8 Å². The van der Waals surface area contributed by atoms with Gasteiger partial charge in [0.05, 0.1) is 11.2 Å². The topological polar surface area (TPSA) is 97.0 Å². The van der Waals surface area contributed by atoms with Crippen LogP contribution >= 0.6 is 0 Å². The highest BCUT2D eigenvalue weighted by molar-refractivity contribution is 6.01. The van der Waals surface area contributed by atoms with Crippen LogP contribution in [-0.2, 0) is 4.74 Å². The van der Waals surface area contributed by atoms with Crippen molar-refractivity contribution in [3.63, 3.8) is 0 Å². The zero-order chi connectivity index (χ0) is 14.0. The summed E-state index contributed by atoms with van der Waals surface area (Å²) in [5.41, 5.74) is 1.03. The molecule has 0 fully saturated rings. The fraction of sp³-hybridized carbons (Fsp3) is 0.333. The van der Waals surface area contributed by atoms with Crippen molar-refractivity contribution < 1.29 is 14.3 Å². The molecule has 0 unspecified atom stereocenters. The van der Waals surface area contributed by atoms with E-state index < -0.39 is 11.7 Å². The maximum Gasteiger partial charge on any atom is 0.412 e. The summed E-state index contributed by atoms with van der Waals surface area (Å²) in [6.07, 6.45) is 2.84. The minimum atomic E-state index is -0.584. The quantitative estimate of drug-likeness (QED) is 0.808. The molecule has 2 rings (SSSR count). The number of aromatic amines is 1. The molecule has 2 aromatic rings. The first kappa shape index (κ1) is 13.0. The van der Waals surface area contributed by atoms with E-state index >= 15 is 0 Å². The number of nitrogens with zero attached hydrogens (tertiary/aromatic N) is 2. The van der Waals surface area contributed by atoms with Crippen LogP contribution in [0, 0.1) is 0 Å². The van der Waals surface area contributed by atoms with Crippen LogP contribution in [0.1, 0.15) is 31.3 Å². The van der Waals surface area contributed by atoms with Gasteiger partial charge in [0.15, 0.2) is 6.29 Å². The molecule has 1 amide bonds. The highest BCUT2D eigenvalue weighted by Crippen LogP contribution is 2.22. The van der Waals surface area contributed by atoms with Crippen LogP contribution in [0.25, 0.3) is 11.0 Å². The smallest absolute Gasteiger partial charge is 0.412 e. The molecule has 0 aliphatic carbocycles. The minimum absolute atomic E-state index is 0.238. The summed E-state index contributed by atoms with van der Waals surface area (Å²) in [5, 5.41) is 2.57. The van der Waals surface area contributed by atoms with E-state index in [1.165, 1.54) is 12.5 Å². The predicted molar refractivity (Wildman–Crippen MR) is 69.1 cm³/mol. The Morgan fingerprint density at radius 1 is 1.42 bits per heavy atom. The summed E-state index contributed by atoms with van der Waals surface area (Å²) in [7, 11) is 0. The number of rotatable bonds is 2. The fourth-order valence-corrected chi connectivity index (χ4v) is 1.56. The Morgan fingerprint density at radius 3 is 2.79 bits per heavy atom. The number of ether oxygens (including phenoxy) is 1. The molecule has 0 bridgehead atoms. The first-order chi connectivity index (χ1) is 8.90. The second-order valence-corrected chi connectivity index (χ2v) is 4.93. The van der Waals surface area contributed by atoms with Gasteiger partial charge < -0.3 is 9.72 Å². The Bertz CT molecular complexity index is 627. The number of anilines is 1. The van der Waals surface area contributed by atoms with Gasteiger partial charge in [0, 0.05) is 6.20 Å². The molecule has 7 heteroatoms. The van der Waals surface area contributed by atoms with Gasteiger partial charge in [-0.2, -0.15) is 0 Å². The molecule has 19 heavy (non-hydrogen) atoms. The third-order valence-electron chi connectivity index (χ3n) is 2.24. The van der Waals surface area contributed by atoms with Gasteiger partial charge >= 0.3 is 6.09 Å². The number of aldehydes is 1. The molecular weight excluding hydrogens is 248 g/mol. The molecule has 7 nitrogen and oxygen atoms in total. The van der Waals surface area contributed by atoms with Crippen LogP contribution in [0.4, 0.5) is 10.5 Å². The molecule has 0 spiro atoms. The van der Waals surface area contributed by atoms with Gasteiger partial charge in [-0.3, -0.25) is 10.1 Å². The van der Waals surface area contributed by atoms with Crippen LogP contribution in [-0.4, -0.2) is 32.9 Å². The van der Waals surface area contributed by atoms with E-state index in [0.717, 1.165) is 0 Å². The minimum Gasteiger partial charge on any atom is -0.444 e. The SMILES string of the molecule is CC(C)(C)OC(=O)Nc1c[nH]c2c(C=O)ncnc12. The summed E-state index contributed by atoms with van der Waals surface area (Å²) in [6, 6.07) is 0. The van der Waals surface area contributed by atoms with Crippen molar-refractivity contribution >= 4 is 29.1 Å². The second-order valence-electron chi connectivity index (χ2n) is 4.93. The third kappa shape index (κ3) is 2.87. The lowest BCUT2D eigenvalue weighted by Gasteiger charge is -2.19. The summed E-state index contributed by atoms with van der Waals surface area (Å²) in [4.78, 5) is 33.2. The van der Waals surface area contributed by atoms with Crippen molar-refractivity contribution in [2.75, 3.05) is 5.32 Å². The monoisotopic (exact) mass is 262 g/mol. The van der Waals surface area contributed by atoms with E-state index in [2.05, 4.69) is 20.3 Å². The summed E-state index contributed by atoms with van der Waals surface area (Å²) in [6.45, 7) is 5.32. The molecule has 0 saturated heterocycles. The molecule has 100 valence electrons. The highest BCUT2D eigenvalue weighted by Gasteiger charge is 2.18. The highest BCUT2D eigenvalue weighted by atomic mass is 16.6. The normalized spacial score (nSPS) is 11.3. The van der Waals surface area contributed by atoms with E-state index in [4.69, 9.17) is 4.74 Å². The molecule has 0 atom stereocenters. The summed E-state index contributed by atoms with van der Waals surface area (Å²) >= 11 is 0. The molecule has 2 aromatic heterocycles. The first-order valence-corrected chi connectivity index (χ1v) is 5.68. The zero-order valence-corrected chi connectivity index (χ0v) is 10.9. The number of hydrogen-bond acceptors (Lipinski definition) is 5. The number of hydrogen-bond donors (Lipinski definition) is 2. The molecule has 2 N–H and O–H groups in total. The maximum atomic E-state index is 11.7. The Kier molecular flexibility index (Phi) is 3.20. The molecule has 0 aliphatic rings. The van der Waals surface area contributed by atoms with Gasteiger partial charge in [0.2, 0.25) is 0 Å². The molecule has 0 aromatic carbocycles. The Morgan fingerprint density at radius 2 is 2.16 bits per heavy atom. The van der Waals surface area contributed by atoms with E-state index in [9.17, 15) is 9.59 Å². The van der Waals surface area contributed by atoms with Gasteiger partial charge in [-0.15, -0.1) is 0 Å². The number of carbonyl (C=O) groups is 2. The third-order valence-corrected chi connectivity index (χ3v) is 2.24. The first-order valence-electron chi connectivity index (χ1n) is 5.68. The van der Waals surface area contributed by atoms with Crippen molar-refractivity contribution in [3.8, 4) is 0 Å². The summed E-state index contributed by atoms with van der Waals surface area (Å²) in [5.74, 6) is 0. The number of carbonyl (C=O) groups excluding carboxylic acids is 2. The van der Waals surface area contributed by atoms with Crippen molar-refractivity contribution in [2.45, 2.75) is 26.4 Å². The van der Waals surface area contributed by atoms with Crippen LogP contribution in [0.3, 0.4) is 0 Å². The van der Waals surface area contributed by atoms with Crippen LogP contribution < -0.4 is 5.32 Å². The molecular formula is C12H14N4O3. The van der Waals surface area contributed by atoms with E-state index in [0.29, 0.717) is 23.0 Å². The van der Waals surface area contributed by atoms with Crippen LogP contribution in [0.5, 0.6) is 0 Å². The van der Waals surface area contributed by atoms with Crippen molar-refractivity contribution in [1.82, 2.24) is 15.0 Å². The van der Waals surface area contributed by atoms with Crippen LogP contribution in [0.2, 0.25) is 0 Å². The van der Waals surface area contributed by atoms with Gasteiger partial charge in [-0.25, -0.2) is 14.8 Å². The van der Waals surface area contributed by atoms with Crippen LogP contribution in [0.15, 0.2) is 12.5 Å². The molecule has 0 saturated carbocycles. The second kappa shape index (κ2) is 4.68. The number of nitrogens with one attached hydrogen (secondary N) is 2. The Balaban J connectivity index is 2.27. The number of H-pyrrole nitrogens is 1. The lowest BCUT2D eigenvalue weighted by molar-refractivity contribution is 0.0636. The van der Waals surface area contributed by atoms with Crippen molar-refractivity contribution in [3.05, 3.63) is 18.2 Å². The average molecular weight is 262 g/mol. The lowest BCUT2D eigenvalue weighted by atomic mass is 10.2. The molecule has 0 aliphatic heterocycles. The Hall–Kier alpha value is -2.44. The average Bonchev–Trinajstić information content (AvgIpc) is 2.70. The number of fused-ring (bicyclic) bond motifs is 1. The zero-order valence-electron chi connectivity index (χ0n) is 10.9. The number of amides is 1. The fourth-order valence-electron chi connectivity index (χ4n) is 1.56. The predicted octanol–water partition coefficient (Wildman–Crippen LogP) is 2.12. The largest absolute Gasteiger partial charge is 0.444 e. The van der Waals surface area contributed by atoms with Gasteiger partial charge in [-0.1, -0.05) is 0 Å². The van der Waals surface area contributed by atoms with Crippen molar-refractivity contribution in [2.24, 2.45) is 0 Å². The van der Waals surface area contributed by atoms with E-state index in [-0.39, 0.29) is 5.69 Å². The van der Waals surface area contributed by atoms with Gasteiger partial charge in [0.1, 0.15) is 23.1 Å². The summed E-state index contributed by atoms with van der Waals surface area (Å²) < 4.78 is 5.14.